The zero-order valence-corrected chi connectivity index (χ0v) is 14.1. The maximum absolute atomic E-state index is 10.6. The number of rotatable bonds is 0. The van der Waals surface area contributed by atoms with Crippen molar-refractivity contribution in [3.63, 3.8) is 0 Å². The van der Waals surface area contributed by atoms with Crippen LogP contribution in [0.25, 0.3) is 0 Å². The fourth-order valence-corrected chi connectivity index (χ4v) is 7.36. The van der Waals surface area contributed by atoms with Crippen LogP contribution in [0.15, 0.2) is 23.3 Å². The monoisotopic (exact) mass is 315 g/mol. The summed E-state index contributed by atoms with van der Waals surface area (Å²) in [7, 11) is 0. The van der Waals surface area contributed by atoms with E-state index in [9.17, 15) is 10.2 Å². The second-order valence-electron chi connectivity index (χ2n) is 9.41. The van der Waals surface area contributed by atoms with E-state index < -0.39 is 6.10 Å². The van der Waals surface area contributed by atoms with E-state index in [1.807, 2.05) is 6.08 Å². The molecule has 0 unspecified atom stereocenters. The Morgan fingerprint density at radius 3 is 2.83 bits per heavy atom. The van der Waals surface area contributed by atoms with E-state index in [4.69, 9.17) is 5.73 Å². The average molecular weight is 315 g/mol. The van der Waals surface area contributed by atoms with Crippen LogP contribution in [0.3, 0.4) is 0 Å². The molecule has 2 spiro atoms. The van der Waals surface area contributed by atoms with Gasteiger partial charge in [0.15, 0.2) is 0 Å². The fourth-order valence-electron chi connectivity index (χ4n) is 7.36. The lowest BCUT2D eigenvalue weighted by Gasteiger charge is -2.55. The van der Waals surface area contributed by atoms with E-state index in [1.54, 1.807) is 5.57 Å². The van der Waals surface area contributed by atoms with Crippen LogP contribution in [-0.2, 0) is 0 Å². The van der Waals surface area contributed by atoms with Crippen molar-refractivity contribution in [2.24, 2.45) is 27.9 Å². The first-order valence-corrected chi connectivity index (χ1v) is 9.45. The molecule has 4 N–H and O–H groups in total. The second-order valence-corrected chi connectivity index (χ2v) is 9.41. The molecule has 0 aromatic rings. The third kappa shape index (κ3) is 1.62. The average Bonchev–Trinajstić information content (AvgIpc) is 2.98. The van der Waals surface area contributed by atoms with Gasteiger partial charge >= 0.3 is 0 Å². The molecule has 3 saturated carbocycles. The van der Waals surface area contributed by atoms with Gasteiger partial charge < -0.3 is 15.9 Å². The highest BCUT2D eigenvalue weighted by Gasteiger charge is 2.65. The van der Waals surface area contributed by atoms with Gasteiger partial charge in [0.1, 0.15) is 0 Å². The highest BCUT2D eigenvalue weighted by molar-refractivity contribution is 5.46. The van der Waals surface area contributed by atoms with Crippen LogP contribution in [0.5, 0.6) is 0 Å². The fraction of sp³-hybridized carbons (Fsp3) is 0.800. The maximum Gasteiger partial charge on any atom is 0.0878 e. The van der Waals surface area contributed by atoms with Gasteiger partial charge in [-0.05, 0) is 79.1 Å². The standard InChI is InChI=1S/C20H29NO2/c1-18-5-4-12-8-13-9-15(22)14(21)10-19(13)6-7-20(12,11-19)16(18)2-3-17(18)23/h8-9,14-17,22-23H,2-7,10-11,21H2,1H3/t14-,15-,16+,17-,18-,19-,20+/m0/s1. The van der Waals surface area contributed by atoms with Gasteiger partial charge in [-0.15, -0.1) is 0 Å². The largest absolute Gasteiger partial charge is 0.393 e. The lowest BCUT2D eigenvalue weighted by molar-refractivity contribution is -0.0318. The second kappa shape index (κ2) is 4.30. The van der Waals surface area contributed by atoms with Gasteiger partial charge in [0.2, 0.25) is 0 Å². The normalized spacial score (nSPS) is 57.2. The van der Waals surface area contributed by atoms with Crippen LogP contribution < -0.4 is 5.73 Å². The van der Waals surface area contributed by atoms with Gasteiger partial charge in [0.25, 0.3) is 0 Å². The van der Waals surface area contributed by atoms with Crippen molar-refractivity contribution in [1.82, 2.24) is 0 Å². The van der Waals surface area contributed by atoms with Crippen molar-refractivity contribution in [2.45, 2.75) is 76.5 Å². The molecular formula is C20H29NO2. The minimum Gasteiger partial charge on any atom is -0.393 e. The smallest absolute Gasteiger partial charge is 0.0878 e. The first-order chi connectivity index (χ1) is 10.9. The molecule has 5 aliphatic carbocycles. The SMILES string of the molecule is C[C@]12CCC3=CC4=C[C@H](O)[C@@H](N)C[C@]45CC[C@]3(C5)[C@@H]1CC[C@@H]2O. The summed E-state index contributed by atoms with van der Waals surface area (Å²) in [6.07, 6.45) is 12.9. The molecule has 5 aliphatic rings. The topological polar surface area (TPSA) is 66.5 Å². The molecule has 0 aromatic heterocycles. The lowest BCUT2D eigenvalue weighted by Crippen LogP contribution is -2.50. The lowest BCUT2D eigenvalue weighted by atomic mass is 9.49. The Morgan fingerprint density at radius 1 is 1.17 bits per heavy atom. The van der Waals surface area contributed by atoms with E-state index in [-0.39, 0.29) is 23.0 Å². The van der Waals surface area contributed by atoms with Gasteiger partial charge in [0.05, 0.1) is 12.2 Å². The van der Waals surface area contributed by atoms with Crippen molar-refractivity contribution in [2.75, 3.05) is 0 Å². The molecule has 3 heteroatoms. The van der Waals surface area contributed by atoms with Crippen molar-refractivity contribution in [3.05, 3.63) is 23.3 Å². The molecule has 0 amide bonds. The van der Waals surface area contributed by atoms with E-state index in [1.165, 1.54) is 31.3 Å². The molecule has 0 radical (unpaired) electrons. The van der Waals surface area contributed by atoms with Crippen LogP contribution in [0.2, 0.25) is 0 Å². The molecule has 23 heavy (non-hydrogen) atoms. The molecule has 0 aromatic carbocycles. The molecule has 5 rings (SSSR count). The molecule has 126 valence electrons. The van der Waals surface area contributed by atoms with E-state index in [0.29, 0.717) is 11.3 Å². The minimum atomic E-state index is -0.484. The van der Waals surface area contributed by atoms with Crippen molar-refractivity contribution < 1.29 is 10.2 Å². The van der Waals surface area contributed by atoms with Crippen molar-refractivity contribution in [1.29, 1.82) is 0 Å². The molecule has 7 atom stereocenters. The van der Waals surface area contributed by atoms with E-state index in [2.05, 4.69) is 13.0 Å². The Balaban J connectivity index is 1.64. The van der Waals surface area contributed by atoms with Gasteiger partial charge in [-0.2, -0.15) is 0 Å². The van der Waals surface area contributed by atoms with Crippen LogP contribution in [-0.4, -0.2) is 28.5 Å². The Morgan fingerprint density at radius 2 is 2.00 bits per heavy atom. The van der Waals surface area contributed by atoms with Crippen LogP contribution >= 0.6 is 0 Å². The van der Waals surface area contributed by atoms with Crippen LogP contribution in [0.4, 0.5) is 0 Å². The summed E-state index contributed by atoms with van der Waals surface area (Å²) in [5, 5.41) is 20.8. The number of hydrogen-bond donors (Lipinski definition) is 3. The molecule has 3 fully saturated rings. The highest BCUT2D eigenvalue weighted by atomic mass is 16.3. The quantitative estimate of drug-likeness (QED) is 0.644. The molecule has 0 aliphatic heterocycles. The predicted molar refractivity (Wildman–Crippen MR) is 89.6 cm³/mol. The first-order valence-electron chi connectivity index (χ1n) is 9.45. The van der Waals surface area contributed by atoms with Gasteiger partial charge in [-0.25, -0.2) is 0 Å². The molecule has 0 saturated heterocycles. The number of aliphatic hydroxyl groups is 2. The third-order valence-corrected chi connectivity index (χ3v) is 8.59. The number of aliphatic hydroxyl groups excluding tert-OH is 2. The molecule has 2 bridgehead atoms. The summed E-state index contributed by atoms with van der Waals surface area (Å²) in [6.45, 7) is 2.34. The molecular weight excluding hydrogens is 286 g/mol. The summed E-state index contributed by atoms with van der Waals surface area (Å²) in [6, 6.07) is -0.118. The zero-order chi connectivity index (χ0) is 16.0. The van der Waals surface area contributed by atoms with Crippen LogP contribution in [0, 0.1) is 22.2 Å². The third-order valence-electron chi connectivity index (χ3n) is 8.59. The highest BCUT2D eigenvalue weighted by Crippen LogP contribution is 2.73. The summed E-state index contributed by atoms with van der Waals surface area (Å²) in [5.74, 6) is 0.633. The van der Waals surface area contributed by atoms with E-state index in [0.717, 1.165) is 25.7 Å². The summed E-state index contributed by atoms with van der Waals surface area (Å²) in [5.41, 5.74) is 9.85. The Labute approximate surface area is 138 Å². The summed E-state index contributed by atoms with van der Waals surface area (Å²) < 4.78 is 0. The Kier molecular flexibility index (Phi) is 2.75. The van der Waals surface area contributed by atoms with Gasteiger partial charge in [-0.3, -0.25) is 0 Å². The molecule has 0 heterocycles. The Bertz CT molecular complexity index is 625. The number of fused-ring (bicyclic) bond motifs is 1. The van der Waals surface area contributed by atoms with Gasteiger partial charge in [-0.1, -0.05) is 24.6 Å². The van der Waals surface area contributed by atoms with Crippen LogP contribution in [0.1, 0.15) is 58.3 Å². The minimum absolute atomic E-state index is 0.111. The molecule has 3 nitrogen and oxygen atoms in total. The summed E-state index contributed by atoms with van der Waals surface area (Å²) in [4.78, 5) is 0. The maximum atomic E-state index is 10.6. The predicted octanol–water partition coefficient (Wildman–Crippen LogP) is 2.67. The number of nitrogens with two attached hydrogens (primary N) is 1. The van der Waals surface area contributed by atoms with Crippen molar-refractivity contribution in [3.8, 4) is 0 Å². The van der Waals surface area contributed by atoms with Crippen molar-refractivity contribution >= 4 is 0 Å². The first kappa shape index (κ1) is 14.7. The summed E-state index contributed by atoms with van der Waals surface area (Å²) >= 11 is 0. The number of allylic oxidation sites excluding steroid dienone is 3. The Hall–Kier alpha value is -0.640. The zero-order valence-electron chi connectivity index (χ0n) is 14.1. The number of hydrogen-bond acceptors (Lipinski definition) is 3. The van der Waals surface area contributed by atoms with Gasteiger partial charge in [0, 0.05) is 6.04 Å². The van der Waals surface area contributed by atoms with E-state index >= 15 is 0 Å².